The summed E-state index contributed by atoms with van der Waals surface area (Å²) in [6.45, 7) is 3.75. The van der Waals surface area contributed by atoms with Crippen molar-refractivity contribution in [3.8, 4) is 11.5 Å². The Kier molecular flexibility index (Phi) is 7.32. The van der Waals surface area contributed by atoms with E-state index in [1.165, 1.54) is 36.4 Å². The number of halogens is 1. The molecule has 0 aliphatic rings. The molecule has 0 spiro atoms. The number of sulfonamides is 1. The molecule has 3 aromatic carbocycles. The first-order chi connectivity index (χ1) is 15.3. The van der Waals surface area contributed by atoms with Crippen LogP contribution in [0.5, 0.6) is 11.5 Å². The summed E-state index contributed by atoms with van der Waals surface area (Å²) in [5.74, 6) is 0.0766. The fourth-order valence-corrected chi connectivity index (χ4v) is 4.00. The van der Waals surface area contributed by atoms with Gasteiger partial charge in [-0.05, 0) is 80.1 Å². The van der Waals surface area contributed by atoms with E-state index in [1.54, 1.807) is 37.3 Å². The van der Waals surface area contributed by atoms with Gasteiger partial charge in [0, 0.05) is 11.4 Å². The number of hydrogen-bond donors (Lipinski definition) is 2. The van der Waals surface area contributed by atoms with Gasteiger partial charge < -0.3 is 14.8 Å². The predicted octanol–water partition coefficient (Wildman–Crippen LogP) is 4.35. The monoisotopic (exact) mass is 458 g/mol. The van der Waals surface area contributed by atoms with E-state index >= 15 is 0 Å². The number of aryl methyl sites for hydroxylation is 1. The Morgan fingerprint density at radius 2 is 1.72 bits per heavy atom. The molecule has 3 aromatic rings. The number of ether oxygens (including phenoxy) is 2. The predicted molar refractivity (Wildman–Crippen MR) is 120 cm³/mol. The van der Waals surface area contributed by atoms with Crippen molar-refractivity contribution in [2.24, 2.45) is 0 Å². The zero-order valence-electron chi connectivity index (χ0n) is 17.6. The van der Waals surface area contributed by atoms with E-state index in [2.05, 4.69) is 10.0 Å². The second-order valence-electron chi connectivity index (χ2n) is 6.84. The average molecular weight is 459 g/mol. The van der Waals surface area contributed by atoms with Gasteiger partial charge in [-0.25, -0.2) is 12.8 Å². The Balaban J connectivity index is 1.62. The van der Waals surface area contributed by atoms with Crippen LogP contribution in [0.2, 0.25) is 0 Å². The molecule has 0 bridgehead atoms. The molecule has 32 heavy (non-hydrogen) atoms. The van der Waals surface area contributed by atoms with Crippen molar-refractivity contribution in [2.45, 2.75) is 18.7 Å². The lowest BCUT2D eigenvalue weighted by molar-refractivity contribution is -0.118. The van der Waals surface area contributed by atoms with Crippen LogP contribution in [0.25, 0.3) is 0 Å². The Morgan fingerprint density at radius 1 is 0.969 bits per heavy atom. The van der Waals surface area contributed by atoms with Crippen molar-refractivity contribution in [3.05, 3.63) is 78.1 Å². The number of hydrogen-bond acceptors (Lipinski definition) is 5. The maximum atomic E-state index is 13.2. The Labute approximate surface area is 186 Å². The molecule has 168 valence electrons. The molecule has 0 saturated carbocycles. The molecule has 0 atom stereocenters. The van der Waals surface area contributed by atoms with Gasteiger partial charge in [-0.3, -0.25) is 9.52 Å². The van der Waals surface area contributed by atoms with Crippen LogP contribution in [0, 0.1) is 12.7 Å². The van der Waals surface area contributed by atoms with Gasteiger partial charge in [0.2, 0.25) is 0 Å². The summed E-state index contributed by atoms with van der Waals surface area (Å²) in [4.78, 5) is 12.1. The lowest BCUT2D eigenvalue weighted by Gasteiger charge is -2.13. The van der Waals surface area contributed by atoms with Crippen LogP contribution < -0.4 is 19.5 Å². The van der Waals surface area contributed by atoms with Crippen LogP contribution >= 0.6 is 0 Å². The first-order valence-corrected chi connectivity index (χ1v) is 11.3. The molecule has 0 aliphatic carbocycles. The summed E-state index contributed by atoms with van der Waals surface area (Å²) in [6.07, 6.45) is 0. The molecule has 0 aromatic heterocycles. The number of benzene rings is 3. The van der Waals surface area contributed by atoms with Gasteiger partial charge in [-0.15, -0.1) is 0 Å². The van der Waals surface area contributed by atoms with E-state index < -0.39 is 21.7 Å². The van der Waals surface area contributed by atoms with Crippen LogP contribution in [0.1, 0.15) is 12.5 Å². The number of amides is 1. The molecule has 2 N–H and O–H groups in total. The largest absolute Gasteiger partial charge is 0.494 e. The third kappa shape index (κ3) is 6.21. The van der Waals surface area contributed by atoms with Crippen LogP contribution in [-0.2, 0) is 14.8 Å². The highest BCUT2D eigenvalue weighted by Gasteiger charge is 2.16. The van der Waals surface area contributed by atoms with E-state index in [0.29, 0.717) is 35.0 Å². The molecule has 1 amide bonds. The molecule has 3 rings (SSSR count). The highest BCUT2D eigenvalue weighted by molar-refractivity contribution is 7.92. The number of rotatable bonds is 9. The molecule has 0 aliphatic heterocycles. The molecule has 0 saturated heterocycles. The molecular formula is C23H23FN2O5S. The van der Waals surface area contributed by atoms with Crippen molar-refractivity contribution >= 4 is 27.3 Å². The molecule has 9 heteroatoms. The maximum Gasteiger partial charge on any atom is 0.262 e. The number of nitrogens with one attached hydrogen (secondary N) is 2. The lowest BCUT2D eigenvalue weighted by atomic mass is 10.2. The van der Waals surface area contributed by atoms with Crippen LogP contribution in [-0.4, -0.2) is 27.5 Å². The third-order valence-electron chi connectivity index (χ3n) is 4.34. The van der Waals surface area contributed by atoms with Crippen molar-refractivity contribution in [3.63, 3.8) is 0 Å². The minimum Gasteiger partial charge on any atom is -0.494 e. The first kappa shape index (κ1) is 23.1. The summed E-state index contributed by atoms with van der Waals surface area (Å²) in [6, 6.07) is 16.4. The highest BCUT2D eigenvalue weighted by atomic mass is 32.2. The number of anilines is 2. The zero-order chi connectivity index (χ0) is 23.1. The Hall–Kier alpha value is -3.59. The van der Waals surface area contributed by atoms with Crippen LogP contribution in [0.4, 0.5) is 15.8 Å². The molecule has 0 radical (unpaired) electrons. The maximum absolute atomic E-state index is 13.2. The smallest absolute Gasteiger partial charge is 0.262 e. The van der Waals surface area contributed by atoms with Gasteiger partial charge in [0.1, 0.15) is 17.3 Å². The van der Waals surface area contributed by atoms with Gasteiger partial charge in [0.25, 0.3) is 15.9 Å². The molecule has 7 nitrogen and oxygen atoms in total. The second kappa shape index (κ2) is 10.1. The standard InChI is InChI=1S/C23H23FN2O5S/c1-3-30-20-9-7-18(8-10-20)26-32(28,29)21-11-12-22(16(2)13-21)31-15-23(27)25-19-6-4-5-17(24)14-19/h4-14,26H,3,15H2,1-2H3,(H,25,27). The van der Waals surface area contributed by atoms with Crippen LogP contribution in [0.15, 0.2) is 71.6 Å². The lowest BCUT2D eigenvalue weighted by Crippen LogP contribution is -2.20. The van der Waals surface area contributed by atoms with E-state index in [0.717, 1.165) is 0 Å². The summed E-state index contributed by atoms with van der Waals surface area (Å²) in [5, 5.41) is 2.53. The summed E-state index contributed by atoms with van der Waals surface area (Å²) in [7, 11) is -3.81. The van der Waals surface area contributed by atoms with Crippen molar-refractivity contribution in [1.29, 1.82) is 0 Å². The van der Waals surface area contributed by atoms with Gasteiger partial charge in [0.05, 0.1) is 11.5 Å². The number of carbonyl (C=O) groups is 1. The fraction of sp³-hybridized carbons (Fsp3) is 0.174. The highest BCUT2D eigenvalue weighted by Crippen LogP contribution is 2.24. The summed E-state index contributed by atoms with van der Waals surface area (Å²) in [5.41, 5.74) is 1.26. The molecule has 0 fully saturated rings. The van der Waals surface area contributed by atoms with E-state index in [4.69, 9.17) is 9.47 Å². The van der Waals surface area contributed by atoms with Crippen molar-refractivity contribution in [1.82, 2.24) is 0 Å². The average Bonchev–Trinajstić information content (AvgIpc) is 2.74. The van der Waals surface area contributed by atoms with Gasteiger partial charge in [-0.2, -0.15) is 0 Å². The topological polar surface area (TPSA) is 93.7 Å². The number of carbonyl (C=O) groups excluding carboxylic acids is 1. The van der Waals surface area contributed by atoms with Crippen molar-refractivity contribution < 1.29 is 27.1 Å². The molecule has 0 heterocycles. The Bertz CT molecular complexity index is 1200. The first-order valence-electron chi connectivity index (χ1n) is 9.81. The van der Waals surface area contributed by atoms with Gasteiger partial charge in [0.15, 0.2) is 6.61 Å². The molecule has 0 unspecified atom stereocenters. The van der Waals surface area contributed by atoms with E-state index in [1.807, 2.05) is 6.92 Å². The SMILES string of the molecule is CCOc1ccc(NS(=O)(=O)c2ccc(OCC(=O)Nc3cccc(F)c3)c(C)c2)cc1. The fourth-order valence-electron chi connectivity index (χ4n) is 2.86. The normalized spacial score (nSPS) is 11.0. The molecular weight excluding hydrogens is 435 g/mol. The van der Waals surface area contributed by atoms with Gasteiger partial charge in [-0.1, -0.05) is 6.07 Å². The summed E-state index contributed by atoms with van der Waals surface area (Å²) >= 11 is 0. The zero-order valence-corrected chi connectivity index (χ0v) is 18.4. The third-order valence-corrected chi connectivity index (χ3v) is 5.72. The van der Waals surface area contributed by atoms with Crippen molar-refractivity contribution in [2.75, 3.05) is 23.3 Å². The quantitative estimate of drug-likeness (QED) is 0.497. The minimum absolute atomic E-state index is 0.0560. The van der Waals surface area contributed by atoms with E-state index in [-0.39, 0.29) is 11.5 Å². The summed E-state index contributed by atoms with van der Waals surface area (Å²) < 4.78 is 51.9. The van der Waals surface area contributed by atoms with Gasteiger partial charge >= 0.3 is 0 Å². The second-order valence-corrected chi connectivity index (χ2v) is 8.52. The van der Waals surface area contributed by atoms with Crippen LogP contribution in [0.3, 0.4) is 0 Å². The minimum atomic E-state index is -3.81. The van der Waals surface area contributed by atoms with E-state index in [9.17, 15) is 17.6 Å². The Morgan fingerprint density at radius 3 is 2.38 bits per heavy atom.